The lowest BCUT2D eigenvalue weighted by Crippen LogP contribution is -2.21. The number of hydrazone groups is 1. The zero-order valence-corrected chi connectivity index (χ0v) is 13.3. The molecule has 2 rings (SSSR count). The first-order valence-corrected chi connectivity index (χ1v) is 7.36. The lowest BCUT2D eigenvalue weighted by molar-refractivity contribution is -0.115. The maximum Gasteiger partial charge on any atom is 0.271 e. The quantitative estimate of drug-likeness (QED) is 0.651. The van der Waals surface area contributed by atoms with Gasteiger partial charge in [0.25, 0.3) is 5.91 Å². The van der Waals surface area contributed by atoms with E-state index >= 15 is 0 Å². The molecule has 118 valence electrons. The first kappa shape index (κ1) is 16.7. The van der Waals surface area contributed by atoms with Crippen molar-refractivity contribution < 1.29 is 9.59 Å². The van der Waals surface area contributed by atoms with Crippen molar-refractivity contribution in [3.63, 3.8) is 0 Å². The Labute approximate surface area is 139 Å². The van der Waals surface area contributed by atoms with Crippen LogP contribution in [0.3, 0.4) is 0 Å². The second kappa shape index (κ2) is 8.10. The van der Waals surface area contributed by atoms with E-state index in [1.807, 2.05) is 18.2 Å². The SMILES string of the molecule is CC(CC(=O)Nc1ccccc1)=NNC(=O)c1ccc(Cl)cc1. The van der Waals surface area contributed by atoms with Gasteiger partial charge in [-0.2, -0.15) is 5.10 Å². The number of amides is 2. The molecule has 0 bridgehead atoms. The van der Waals surface area contributed by atoms with Crippen molar-refractivity contribution in [3.8, 4) is 0 Å². The minimum Gasteiger partial charge on any atom is -0.326 e. The molecular weight excluding hydrogens is 314 g/mol. The second-order valence-corrected chi connectivity index (χ2v) is 5.32. The highest BCUT2D eigenvalue weighted by atomic mass is 35.5. The number of benzene rings is 2. The molecule has 0 aliphatic rings. The van der Waals surface area contributed by atoms with Gasteiger partial charge in [-0.3, -0.25) is 9.59 Å². The van der Waals surface area contributed by atoms with Gasteiger partial charge in [-0.1, -0.05) is 29.8 Å². The third-order valence-corrected chi connectivity index (χ3v) is 3.18. The number of hydrogen-bond donors (Lipinski definition) is 2. The Morgan fingerprint density at radius 3 is 2.35 bits per heavy atom. The standard InChI is InChI=1S/C17H16ClN3O2/c1-12(11-16(22)19-15-5-3-2-4-6-15)20-21-17(23)13-7-9-14(18)10-8-13/h2-10H,11H2,1H3,(H,19,22)(H,21,23). The molecule has 0 aliphatic carbocycles. The Kier molecular flexibility index (Phi) is 5.88. The maximum absolute atomic E-state index is 11.9. The lowest BCUT2D eigenvalue weighted by Gasteiger charge is -2.05. The van der Waals surface area contributed by atoms with Crippen molar-refractivity contribution in [3.05, 3.63) is 65.2 Å². The van der Waals surface area contributed by atoms with Gasteiger partial charge in [0.1, 0.15) is 0 Å². The summed E-state index contributed by atoms with van der Waals surface area (Å²) in [6.07, 6.45) is 0.0930. The van der Waals surface area contributed by atoms with E-state index in [-0.39, 0.29) is 18.2 Å². The van der Waals surface area contributed by atoms with E-state index in [9.17, 15) is 9.59 Å². The van der Waals surface area contributed by atoms with Crippen LogP contribution < -0.4 is 10.7 Å². The molecule has 23 heavy (non-hydrogen) atoms. The van der Waals surface area contributed by atoms with Gasteiger partial charge in [-0.05, 0) is 43.3 Å². The zero-order valence-electron chi connectivity index (χ0n) is 12.5. The van der Waals surface area contributed by atoms with E-state index in [4.69, 9.17) is 11.6 Å². The molecule has 0 aromatic heterocycles. The second-order valence-electron chi connectivity index (χ2n) is 4.89. The fraction of sp³-hybridized carbons (Fsp3) is 0.118. The van der Waals surface area contributed by atoms with E-state index in [2.05, 4.69) is 15.8 Å². The number of nitrogens with zero attached hydrogens (tertiary/aromatic N) is 1. The van der Waals surface area contributed by atoms with E-state index in [1.165, 1.54) is 0 Å². The van der Waals surface area contributed by atoms with Crippen LogP contribution in [0, 0.1) is 0 Å². The van der Waals surface area contributed by atoms with Gasteiger partial charge in [0.15, 0.2) is 0 Å². The number of halogens is 1. The minimum absolute atomic E-state index is 0.0930. The molecule has 0 fully saturated rings. The van der Waals surface area contributed by atoms with E-state index in [0.29, 0.717) is 16.3 Å². The van der Waals surface area contributed by atoms with Gasteiger partial charge < -0.3 is 5.32 Å². The largest absolute Gasteiger partial charge is 0.326 e. The van der Waals surface area contributed by atoms with Crippen LogP contribution in [0.4, 0.5) is 5.69 Å². The average Bonchev–Trinajstić information content (AvgIpc) is 2.54. The van der Waals surface area contributed by atoms with Gasteiger partial charge >= 0.3 is 0 Å². The Balaban J connectivity index is 1.86. The third-order valence-electron chi connectivity index (χ3n) is 2.93. The van der Waals surface area contributed by atoms with Crippen LogP contribution in [0.5, 0.6) is 0 Å². The normalized spacial score (nSPS) is 11.0. The molecule has 6 heteroatoms. The summed E-state index contributed by atoms with van der Waals surface area (Å²) >= 11 is 5.76. The average molecular weight is 330 g/mol. The molecule has 0 unspecified atom stereocenters. The van der Waals surface area contributed by atoms with Crippen molar-refractivity contribution >= 4 is 34.8 Å². The number of para-hydroxylation sites is 1. The van der Waals surface area contributed by atoms with E-state index < -0.39 is 0 Å². The fourth-order valence-electron chi connectivity index (χ4n) is 1.81. The summed E-state index contributed by atoms with van der Waals surface area (Å²) < 4.78 is 0. The first-order chi connectivity index (χ1) is 11.0. The summed E-state index contributed by atoms with van der Waals surface area (Å²) in [5.41, 5.74) is 4.08. The Bertz CT molecular complexity index is 712. The minimum atomic E-state index is -0.357. The molecule has 2 aromatic rings. The van der Waals surface area contributed by atoms with E-state index in [0.717, 1.165) is 5.69 Å². The summed E-state index contributed by atoms with van der Waals surface area (Å²) in [6, 6.07) is 15.6. The predicted molar refractivity (Wildman–Crippen MR) is 91.7 cm³/mol. The Morgan fingerprint density at radius 1 is 1.04 bits per heavy atom. The zero-order chi connectivity index (χ0) is 16.7. The van der Waals surface area contributed by atoms with Crippen molar-refractivity contribution in [2.24, 2.45) is 5.10 Å². The molecule has 0 saturated heterocycles. The lowest BCUT2D eigenvalue weighted by atomic mass is 10.2. The summed E-state index contributed by atoms with van der Waals surface area (Å²) in [5.74, 6) is -0.553. The first-order valence-electron chi connectivity index (χ1n) is 6.98. The van der Waals surface area contributed by atoms with Crippen molar-refractivity contribution in [2.45, 2.75) is 13.3 Å². The summed E-state index contributed by atoms with van der Waals surface area (Å²) in [7, 11) is 0. The number of anilines is 1. The summed E-state index contributed by atoms with van der Waals surface area (Å²) in [6.45, 7) is 1.67. The van der Waals surface area contributed by atoms with Crippen LogP contribution in [0.25, 0.3) is 0 Å². The van der Waals surface area contributed by atoms with Crippen LogP contribution in [0.2, 0.25) is 5.02 Å². The monoisotopic (exact) mass is 329 g/mol. The van der Waals surface area contributed by atoms with Crippen LogP contribution in [0.1, 0.15) is 23.7 Å². The highest BCUT2D eigenvalue weighted by Gasteiger charge is 2.07. The molecule has 0 heterocycles. The van der Waals surface area contributed by atoms with Crippen LogP contribution >= 0.6 is 11.6 Å². The summed E-state index contributed by atoms with van der Waals surface area (Å²) in [4.78, 5) is 23.7. The molecule has 5 nitrogen and oxygen atoms in total. The highest BCUT2D eigenvalue weighted by Crippen LogP contribution is 2.09. The number of hydrogen-bond acceptors (Lipinski definition) is 3. The molecule has 0 radical (unpaired) electrons. The molecule has 0 aliphatic heterocycles. The fourth-order valence-corrected chi connectivity index (χ4v) is 1.94. The third kappa shape index (κ3) is 5.56. The van der Waals surface area contributed by atoms with Gasteiger partial charge in [0, 0.05) is 22.0 Å². The number of carbonyl (C=O) groups is 2. The van der Waals surface area contributed by atoms with E-state index in [1.54, 1.807) is 43.3 Å². The topological polar surface area (TPSA) is 70.6 Å². The maximum atomic E-state index is 11.9. The number of rotatable bonds is 5. The van der Waals surface area contributed by atoms with Gasteiger partial charge in [0.05, 0.1) is 6.42 Å². The molecule has 0 atom stereocenters. The Hall–Kier alpha value is -2.66. The highest BCUT2D eigenvalue weighted by molar-refractivity contribution is 6.30. The molecule has 0 spiro atoms. The number of carbonyl (C=O) groups excluding carboxylic acids is 2. The molecule has 2 amide bonds. The van der Waals surface area contributed by atoms with Crippen molar-refractivity contribution in [1.82, 2.24) is 5.43 Å². The van der Waals surface area contributed by atoms with Gasteiger partial charge in [-0.15, -0.1) is 0 Å². The Morgan fingerprint density at radius 2 is 1.70 bits per heavy atom. The van der Waals surface area contributed by atoms with Crippen molar-refractivity contribution in [1.29, 1.82) is 0 Å². The predicted octanol–water partition coefficient (Wildman–Crippen LogP) is 3.47. The molecule has 2 N–H and O–H groups in total. The smallest absolute Gasteiger partial charge is 0.271 e. The van der Waals surface area contributed by atoms with Gasteiger partial charge in [0.2, 0.25) is 5.91 Å². The van der Waals surface area contributed by atoms with Crippen LogP contribution in [-0.4, -0.2) is 17.5 Å². The summed E-state index contributed by atoms with van der Waals surface area (Å²) in [5, 5.41) is 7.23. The van der Waals surface area contributed by atoms with Crippen molar-refractivity contribution in [2.75, 3.05) is 5.32 Å². The molecule has 2 aromatic carbocycles. The van der Waals surface area contributed by atoms with Gasteiger partial charge in [-0.25, -0.2) is 5.43 Å². The van der Waals surface area contributed by atoms with Crippen LogP contribution in [-0.2, 0) is 4.79 Å². The molecular formula is C17H16ClN3O2. The van der Waals surface area contributed by atoms with Crippen LogP contribution in [0.15, 0.2) is 59.7 Å². The molecule has 0 saturated carbocycles. The number of nitrogens with one attached hydrogen (secondary N) is 2.